The van der Waals surface area contributed by atoms with Gasteiger partial charge in [0.25, 0.3) is 0 Å². The first-order chi connectivity index (χ1) is 7.79. The molecule has 2 fully saturated rings. The van der Waals surface area contributed by atoms with Crippen LogP contribution in [0.25, 0.3) is 0 Å². The Balaban J connectivity index is 0.000000160. The highest BCUT2D eigenvalue weighted by molar-refractivity contribution is 4.65. The lowest BCUT2D eigenvalue weighted by molar-refractivity contribution is 0.157. The van der Waals surface area contributed by atoms with Gasteiger partial charge in [-0.1, -0.05) is 51.4 Å². The summed E-state index contributed by atoms with van der Waals surface area (Å²) in [7, 11) is 0. The van der Waals surface area contributed by atoms with Crippen LogP contribution >= 0.6 is 0 Å². The molecule has 0 aromatic heterocycles. The molecule has 2 aliphatic rings. The normalized spacial score (nSPS) is 25.1. The van der Waals surface area contributed by atoms with E-state index in [1.807, 2.05) is 0 Å². The molecule has 2 nitrogen and oxygen atoms in total. The van der Waals surface area contributed by atoms with Gasteiger partial charge in [0.2, 0.25) is 0 Å². The standard InChI is InChI=1S/C7H15N.C7H14O/c2*8-7-5-3-1-2-4-6-7/h7H,1-6,8H2;7-8H,1-6H2. The van der Waals surface area contributed by atoms with Crippen LogP contribution in [-0.2, 0) is 0 Å². The van der Waals surface area contributed by atoms with Crippen LogP contribution in [0.4, 0.5) is 0 Å². The van der Waals surface area contributed by atoms with Gasteiger partial charge < -0.3 is 10.8 Å². The van der Waals surface area contributed by atoms with Gasteiger partial charge in [-0.3, -0.25) is 0 Å². The van der Waals surface area contributed by atoms with Crippen molar-refractivity contribution in [1.29, 1.82) is 0 Å². The summed E-state index contributed by atoms with van der Waals surface area (Å²) in [5.74, 6) is 0. The fourth-order valence-corrected chi connectivity index (χ4v) is 2.57. The van der Waals surface area contributed by atoms with Gasteiger partial charge >= 0.3 is 0 Å². The third-order valence-corrected chi connectivity index (χ3v) is 3.72. The van der Waals surface area contributed by atoms with E-state index in [0.717, 1.165) is 12.8 Å². The SMILES string of the molecule is NC1CCCCCC1.OC1CCCCCC1. The largest absolute Gasteiger partial charge is 0.393 e. The van der Waals surface area contributed by atoms with Crippen molar-refractivity contribution in [2.75, 3.05) is 0 Å². The third-order valence-electron chi connectivity index (χ3n) is 3.72. The maximum absolute atomic E-state index is 9.09. The Morgan fingerprint density at radius 1 is 0.625 bits per heavy atom. The number of hydrogen-bond acceptors (Lipinski definition) is 2. The highest BCUT2D eigenvalue weighted by Gasteiger charge is 2.06. The highest BCUT2D eigenvalue weighted by Crippen LogP contribution is 2.16. The minimum Gasteiger partial charge on any atom is -0.393 e. The molecular formula is C14H29NO. The van der Waals surface area contributed by atoms with Crippen molar-refractivity contribution >= 4 is 0 Å². The van der Waals surface area contributed by atoms with E-state index >= 15 is 0 Å². The van der Waals surface area contributed by atoms with E-state index in [2.05, 4.69) is 0 Å². The number of nitrogens with two attached hydrogens (primary N) is 1. The van der Waals surface area contributed by atoms with Crippen LogP contribution < -0.4 is 5.73 Å². The Bertz CT molecular complexity index is 127. The van der Waals surface area contributed by atoms with Crippen molar-refractivity contribution in [3.63, 3.8) is 0 Å². The Morgan fingerprint density at radius 2 is 1.00 bits per heavy atom. The van der Waals surface area contributed by atoms with Gasteiger partial charge in [-0.2, -0.15) is 0 Å². The van der Waals surface area contributed by atoms with E-state index in [0.29, 0.717) is 6.04 Å². The van der Waals surface area contributed by atoms with E-state index < -0.39 is 0 Å². The average Bonchev–Trinajstić information content (AvgIpc) is 2.64. The van der Waals surface area contributed by atoms with Crippen molar-refractivity contribution in [1.82, 2.24) is 0 Å². The van der Waals surface area contributed by atoms with Crippen LogP contribution in [0.3, 0.4) is 0 Å². The summed E-state index contributed by atoms with van der Waals surface area (Å²) in [4.78, 5) is 0. The number of aliphatic hydroxyl groups excluding tert-OH is 1. The molecule has 2 heteroatoms. The summed E-state index contributed by atoms with van der Waals surface area (Å²) >= 11 is 0. The lowest BCUT2D eigenvalue weighted by Crippen LogP contribution is -2.17. The molecule has 16 heavy (non-hydrogen) atoms. The molecule has 0 aliphatic heterocycles. The molecule has 0 spiro atoms. The zero-order chi connectivity index (χ0) is 11.6. The van der Waals surface area contributed by atoms with Crippen molar-refractivity contribution in [3.8, 4) is 0 Å². The summed E-state index contributed by atoms with van der Waals surface area (Å²) in [5, 5.41) is 9.09. The topological polar surface area (TPSA) is 46.2 Å². The molecule has 0 aromatic rings. The molecular weight excluding hydrogens is 198 g/mol. The molecule has 2 rings (SSSR count). The second-order valence-corrected chi connectivity index (χ2v) is 5.40. The molecule has 0 radical (unpaired) electrons. The number of hydrogen-bond donors (Lipinski definition) is 2. The molecule has 0 bridgehead atoms. The molecule has 96 valence electrons. The molecule has 0 aromatic carbocycles. The minimum atomic E-state index is 0.0255. The first-order valence-electron chi connectivity index (χ1n) is 7.22. The third kappa shape index (κ3) is 7.24. The van der Waals surface area contributed by atoms with Gasteiger partial charge in [0.05, 0.1) is 6.10 Å². The van der Waals surface area contributed by atoms with Gasteiger partial charge in [0.1, 0.15) is 0 Å². The van der Waals surface area contributed by atoms with Gasteiger partial charge in [0, 0.05) is 6.04 Å². The second kappa shape index (κ2) is 9.00. The van der Waals surface area contributed by atoms with Crippen LogP contribution in [0, 0.1) is 0 Å². The summed E-state index contributed by atoms with van der Waals surface area (Å²) in [6.45, 7) is 0. The molecule has 0 amide bonds. The van der Waals surface area contributed by atoms with Crippen molar-refractivity contribution in [3.05, 3.63) is 0 Å². The lowest BCUT2D eigenvalue weighted by atomic mass is 10.1. The first-order valence-corrected chi connectivity index (χ1v) is 7.22. The molecule has 2 saturated carbocycles. The number of aliphatic hydroxyl groups is 1. The maximum Gasteiger partial charge on any atom is 0.0540 e. The second-order valence-electron chi connectivity index (χ2n) is 5.40. The van der Waals surface area contributed by atoms with E-state index in [9.17, 15) is 0 Å². The van der Waals surface area contributed by atoms with Crippen molar-refractivity contribution < 1.29 is 5.11 Å². The van der Waals surface area contributed by atoms with Crippen LogP contribution in [0.2, 0.25) is 0 Å². The zero-order valence-electron chi connectivity index (χ0n) is 10.7. The van der Waals surface area contributed by atoms with Crippen molar-refractivity contribution in [2.45, 2.75) is 89.2 Å². The summed E-state index contributed by atoms with van der Waals surface area (Å²) in [5.41, 5.74) is 5.73. The molecule has 0 unspecified atom stereocenters. The highest BCUT2D eigenvalue weighted by atomic mass is 16.3. The smallest absolute Gasteiger partial charge is 0.0540 e. The van der Waals surface area contributed by atoms with Crippen LogP contribution in [0.15, 0.2) is 0 Å². The fourth-order valence-electron chi connectivity index (χ4n) is 2.57. The molecule has 0 saturated heterocycles. The molecule has 0 atom stereocenters. The molecule has 3 N–H and O–H groups in total. The fraction of sp³-hybridized carbons (Fsp3) is 1.00. The van der Waals surface area contributed by atoms with Crippen LogP contribution in [0.5, 0.6) is 0 Å². The van der Waals surface area contributed by atoms with Gasteiger partial charge in [-0.25, -0.2) is 0 Å². The summed E-state index contributed by atoms with van der Waals surface area (Å²) in [6.07, 6.45) is 15.3. The molecule has 0 heterocycles. The van der Waals surface area contributed by atoms with Crippen LogP contribution in [0.1, 0.15) is 77.0 Å². The van der Waals surface area contributed by atoms with Crippen molar-refractivity contribution in [2.24, 2.45) is 5.73 Å². The van der Waals surface area contributed by atoms with E-state index in [1.54, 1.807) is 0 Å². The quantitative estimate of drug-likeness (QED) is 0.623. The first kappa shape index (κ1) is 14.0. The Hall–Kier alpha value is -0.0800. The minimum absolute atomic E-state index is 0.0255. The Kier molecular flexibility index (Phi) is 7.87. The monoisotopic (exact) mass is 227 g/mol. The van der Waals surface area contributed by atoms with E-state index in [-0.39, 0.29) is 6.10 Å². The zero-order valence-corrected chi connectivity index (χ0v) is 10.7. The average molecular weight is 227 g/mol. The van der Waals surface area contributed by atoms with Crippen LogP contribution in [-0.4, -0.2) is 17.3 Å². The van der Waals surface area contributed by atoms with E-state index in [1.165, 1.54) is 64.2 Å². The summed E-state index contributed by atoms with van der Waals surface area (Å²) < 4.78 is 0. The summed E-state index contributed by atoms with van der Waals surface area (Å²) in [6, 6.07) is 0.525. The Morgan fingerprint density at radius 3 is 1.44 bits per heavy atom. The Labute approximate surface area is 101 Å². The molecule has 2 aliphatic carbocycles. The van der Waals surface area contributed by atoms with Gasteiger partial charge in [-0.15, -0.1) is 0 Å². The predicted molar refractivity (Wildman–Crippen MR) is 69.4 cm³/mol. The van der Waals surface area contributed by atoms with Gasteiger partial charge in [0.15, 0.2) is 0 Å². The number of rotatable bonds is 0. The van der Waals surface area contributed by atoms with Gasteiger partial charge in [-0.05, 0) is 25.7 Å². The predicted octanol–water partition coefficient (Wildman–Crippen LogP) is 3.37. The van der Waals surface area contributed by atoms with E-state index in [4.69, 9.17) is 10.8 Å². The lowest BCUT2D eigenvalue weighted by Gasteiger charge is -2.03. The maximum atomic E-state index is 9.09.